The van der Waals surface area contributed by atoms with Crippen LogP contribution in [-0.2, 0) is 4.79 Å². The summed E-state index contributed by atoms with van der Waals surface area (Å²) in [5.74, 6) is 2.75. The average Bonchev–Trinajstić information content (AvgIpc) is 1.87. The van der Waals surface area contributed by atoms with Crippen molar-refractivity contribution in [1.29, 1.82) is 0 Å². The highest BCUT2D eigenvalue weighted by Gasteiger charge is 2.39. The normalized spacial score (nSPS) is 44.2. The van der Waals surface area contributed by atoms with Crippen LogP contribution in [0.4, 0.5) is 0 Å². The number of carbonyl (C=O) groups excluding carboxylic acids is 1. The van der Waals surface area contributed by atoms with Crippen LogP contribution in [0.1, 0.15) is 32.1 Å². The predicted molar refractivity (Wildman–Crippen MR) is 39.6 cm³/mol. The van der Waals surface area contributed by atoms with Crippen molar-refractivity contribution in [2.45, 2.75) is 32.1 Å². The zero-order valence-corrected chi connectivity index (χ0v) is 6.25. The molecule has 0 N–H and O–H groups in total. The van der Waals surface area contributed by atoms with Gasteiger partial charge < -0.3 is 4.79 Å². The Morgan fingerprint density at radius 2 is 2.10 bits per heavy atom. The van der Waals surface area contributed by atoms with Crippen LogP contribution in [0.3, 0.4) is 0 Å². The molecule has 0 spiro atoms. The van der Waals surface area contributed by atoms with Crippen molar-refractivity contribution in [2.75, 3.05) is 0 Å². The SMILES string of the molecule is O=CCC1CCC2CC1C2. The topological polar surface area (TPSA) is 17.1 Å². The Hall–Kier alpha value is -0.330. The summed E-state index contributed by atoms with van der Waals surface area (Å²) >= 11 is 0. The van der Waals surface area contributed by atoms with E-state index < -0.39 is 0 Å². The molecular weight excluding hydrogens is 124 g/mol. The van der Waals surface area contributed by atoms with Crippen LogP contribution in [0.15, 0.2) is 0 Å². The Labute approximate surface area is 61.8 Å². The first-order chi connectivity index (χ1) is 4.90. The van der Waals surface area contributed by atoms with Crippen molar-refractivity contribution < 1.29 is 4.79 Å². The molecule has 0 aliphatic heterocycles. The van der Waals surface area contributed by atoms with E-state index >= 15 is 0 Å². The molecule has 3 saturated carbocycles. The van der Waals surface area contributed by atoms with Crippen molar-refractivity contribution in [1.82, 2.24) is 0 Å². The smallest absolute Gasteiger partial charge is 0.120 e. The van der Waals surface area contributed by atoms with Crippen LogP contribution in [0.25, 0.3) is 0 Å². The zero-order valence-electron chi connectivity index (χ0n) is 6.25. The van der Waals surface area contributed by atoms with Gasteiger partial charge in [-0.3, -0.25) is 0 Å². The van der Waals surface area contributed by atoms with Crippen molar-refractivity contribution in [3.05, 3.63) is 0 Å². The largest absolute Gasteiger partial charge is 0.303 e. The molecule has 0 aromatic rings. The molecule has 0 aromatic carbocycles. The van der Waals surface area contributed by atoms with E-state index in [-0.39, 0.29) is 0 Å². The molecule has 0 heterocycles. The molecule has 1 unspecified atom stereocenters. The molecule has 3 aliphatic rings. The van der Waals surface area contributed by atoms with Crippen LogP contribution in [-0.4, -0.2) is 6.29 Å². The fraction of sp³-hybridized carbons (Fsp3) is 0.889. The first kappa shape index (κ1) is 6.38. The van der Waals surface area contributed by atoms with Gasteiger partial charge in [-0.25, -0.2) is 0 Å². The van der Waals surface area contributed by atoms with E-state index in [0.29, 0.717) is 0 Å². The molecule has 1 nitrogen and oxygen atoms in total. The number of hydrogen-bond acceptors (Lipinski definition) is 1. The Morgan fingerprint density at radius 1 is 1.30 bits per heavy atom. The molecule has 3 fully saturated rings. The predicted octanol–water partition coefficient (Wildman–Crippen LogP) is 2.01. The van der Waals surface area contributed by atoms with E-state index in [2.05, 4.69) is 0 Å². The number of rotatable bonds is 2. The number of hydrogen-bond donors (Lipinski definition) is 0. The van der Waals surface area contributed by atoms with Gasteiger partial charge in [-0.1, -0.05) is 6.42 Å². The molecule has 3 aliphatic carbocycles. The fourth-order valence-corrected chi connectivity index (χ4v) is 2.53. The minimum atomic E-state index is 0.766. The van der Waals surface area contributed by atoms with Crippen molar-refractivity contribution in [3.8, 4) is 0 Å². The Morgan fingerprint density at radius 3 is 2.60 bits per heavy atom. The third-order valence-electron chi connectivity index (χ3n) is 3.28. The van der Waals surface area contributed by atoms with Crippen molar-refractivity contribution in [3.63, 3.8) is 0 Å². The Bertz CT molecular complexity index is 133. The fourth-order valence-electron chi connectivity index (χ4n) is 2.53. The number of carbonyl (C=O) groups is 1. The zero-order chi connectivity index (χ0) is 6.97. The lowest BCUT2D eigenvalue weighted by Crippen LogP contribution is -2.36. The van der Waals surface area contributed by atoms with Crippen LogP contribution in [0.2, 0.25) is 0 Å². The maximum Gasteiger partial charge on any atom is 0.120 e. The van der Waals surface area contributed by atoms with Gasteiger partial charge in [-0.05, 0) is 37.0 Å². The summed E-state index contributed by atoms with van der Waals surface area (Å²) in [6.45, 7) is 0. The summed E-state index contributed by atoms with van der Waals surface area (Å²) in [5, 5.41) is 0. The number of aldehydes is 1. The quantitative estimate of drug-likeness (QED) is 0.533. The van der Waals surface area contributed by atoms with Crippen LogP contribution >= 0.6 is 0 Å². The maximum absolute atomic E-state index is 10.2. The number of fused-ring (bicyclic) bond motifs is 2. The highest BCUT2D eigenvalue weighted by molar-refractivity contribution is 5.49. The lowest BCUT2D eigenvalue weighted by Gasteiger charge is -2.46. The molecule has 56 valence electrons. The molecule has 1 heteroatoms. The van der Waals surface area contributed by atoms with Gasteiger partial charge >= 0.3 is 0 Å². The highest BCUT2D eigenvalue weighted by atomic mass is 16.1. The van der Waals surface area contributed by atoms with E-state index in [1.54, 1.807) is 0 Å². The average molecular weight is 138 g/mol. The molecule has 2 bridgehead atoms. The van der Waals surface area contributed by atoms with Crippen LogP contribution in [0.5, 0.6) is 0 Å². The summed E-state index contributed by atoms with van der Waals surface area (Å²) < 4.78 is 0. The molecule has 3 rings (SSSR count). The second kappa shape index (κ2) is 2.37. The minimum Gasteiger partial charge on any atom is -0.303 e. The van der Waals surface area contributed by atoms with Gasteiger partial charge in [0.05, 0.1) is 0 Å². The van der Waals surface area contributed by atoms with E-state index in [4.69, 9.17) is 0 Å². The molecule has 0 aromatic heterocycles. The first-order valence-electron chi connectivity index (χ1n) is 4.34. The van der Waals surface area contributed by atoms with Gasteiger partial charge in [0, 0.05) is 6.42 Å². The molecule has 0 radical (unpaired) electrons. The van der Waals surface area contributed by atoms with Gasteiger partial charge in [-0.2, -0.15) is 0 Å². The summed E-state index contributed by atoms with van der Waals surface area (Å²) in [5.41, 5.74) is 0. The Kier molecular flexibility index (Phi) is 1.51. The van der Waals surface area contributed by atoms with Crippen LogP contribution < -0.4 is 0 Å². The monoisotopic (exact) mass is 138 g/mol. The van der Waals surface area contributed by atoms with Gasteiger partial charge in [0.15, 0.2) is 0 Å². The lowest BCUT2D eigenvalue weighted by molar-refractivity contribution is -0.110. The molecule has 0 amide bonds. The molecule has 0 saturated heterocycles. The van der Waals surface area contributed by atoms with Crippen LogP contribution in [0, 0.1) is 17.8 Å². The Balaban J connectivity index is 1.89. The van der Waals surface area contributed by atoms with E-state index in [1.165, 1.54) is 25.7 Å². The highest BCUT2D eigenvalue weighted by Crippen LogP contribution is 2.49. The molecule has 1 atom stereocenters. The first-order valence-corrected chi connectivity index (χ1v) is 4.34. The van der Waals surface area contributed by atoms with E-state index in [9.17, 15) is 4.79 Å². The maximum atomic E-state index is 10.2. The third kappa shape index (κ3) is 0.882. The van der Waals surface area contributed by atoms with Gasteiger partial charge in [0.2, 0.25) is 0 Å². The van der Waals surface area contributed by atoms with E-state index in [0.717, 1.165) is 30.5 Å². The van der Waals surface area contributed by atoms with Crippen molar-refractivity contribution in [2.24, 2.45) is 17.8 Å². The molecular formula is C9H14O. The summed E-state index contributed by atoms with van der Waals surface area (Å²) in [6, 6.07) is 0. The minimum absolute atomic E-state index is 0.766. The van der Waals surface area contributed by atoms with Gasteiger partial charge in [-0.15, -0.1) is 0 Å². The lowest BCUT2D eigenvalue weighted by atomic mass is 9.59. The van der Waals surface area contributed by atoms with Gasteiger partial charge in [0.25, 0.3) is 0 Å². The second-order valence-corrected chi connectivity index (χ2v) is 3.84. The van der Waals surface area contributed by atoms with E-state index in [1.807, 2.05) is 0 Å². The second-order valence-electron chi connectivity index (χ2n) is 3.84. The van der Waals surface area contributed by atoms with Gasteiger partial charge in [0.1, 0.15) is 6.29 Å². The summed E-state index contributed by atoms with van der Waals surface area (Å²) in [4.78, 5) is 10.2. The molecule has 10 heavy (non-hydrogen) atoms. The summed E-state index contributed by atoms with van der Waals surface area (Å²) in [6.07, 6.45) is 7.51. The standard InChI is InChI=1S/C9H14O/c10-4-3-8-2-1-7-5-9(8)6-7/h4,7-9H,1-3,5-6H2. The summed E-state index contributed by atoms with van der Waals surface area (Å²) in [7, 11) is 0. The van der Waals surface area contributed by atoms with Crippen molar-refractivity contribution >= 4 is 6.29 Å². The third-order valence-corrected chi connectivity index (χ3v) is 3.28.